The Bertz CT molecular complexity index is 1070. The van der Waals surface area contributed by atoms with Crippen molar-refractivity contribution in [1.29, 1.82) is 0 Å². The summed E-state index contributed by atoms with van der Waals surface area (Å²) in [6.07, 6.45) is 2.06. The Morgan fingerprint density at radius 3 is 2.66 bits per heavy atom. The van der Waals surface area contributed by atoms with Gasteiger partial charge in [0.15, 0.2) is 0 Å². The van der Waals surface area contributed by atoms with E-state index in [1.807, 2.05) is 12.1 Å². The van der Waals surface area contributed by atoms with Crippen molar-refractivity contribution in [3.63, 3.8) is 0 Å². The molecule has 0 aliphatic carbocycles. The summed E-state index contributed by atoms with van der Waals surface area (Å²) in [5.41, 5.74) is 2.64. The number of hydrogen-bond donors (Lipinski definition) is 1. The maximum atomic E-state index is 12.9. The van der Waals surface area contributed by atoms with E-state index in [-0.39, 0.29) is 17.6 Å². The number of carbonyl (C=O) groups is 1. The Morgan fingerprint density at radius 2 is 2.03 bits per heavy atom. The van der Waals surface area contributed by atoms with Gasteiger partial charge < -0.3 is 10.1 Å². The Balaban J connectivity index is 1.60. The van der Waals surface area contributed by atoms with Crippen LogP contribution in [-0.4, -0.2) is 44.3 Å². The van der Waals surface area contributed by atoms with Crippen molar-refractivity contribution >= 4 is 39.0 Å². The highest BCUT2D eigenvalue weighted by molar-refractivity contribution is 7.93. The lowest BCUT2D eigenvalue weighted by Gasteiger charge is -2.27. The molecule has 1 amide bonds. The summed E-state index contributed by atoms with van der Waals surface area (Å²) in [6.45, 7) is 5.09. The topological polar surface area (TPSA) is 88.6 Å². The third-order valence-electron chi connectivity index (χ3n) is 5.43. The third-order valence-corrected chi connectivity index (χ3v) is 7.89. The second-order valence-electron chi connectivity index (χ2n) is 7.54. The summed E-state index contributed by atoms with van der Waals surface area (Å²) in [5, 5.41) is 2.95. The molecule has 0 radical (unpaired) electrons. The predicted molar refractivity (Wildman–Crippen MR) is 112 cm³/mol. The first-order valence-electron chi connectivity index (χ1n) is 9.43. The van der Waals surface area contributed by atoms with E-state index in [1.165, 1.54) is 16.6 Å². The van der Waals surface area contributed by atoms with Gasteiger partial charge in [0.1, 0.15) is 5.82 Å². The Hall–Kier alpha value is -2.16. The maximum absolute atomic E-state index is 12.9. The highest BCUT2D eigenvalue weighted by atomic mass is 35.5. The number of hydrogen-bond acceptors (Lipinski definition) is 5. The number of halogens is 1. The zero-order valence-electron chi connectivity index (χ0n) is 16.2. The molecule has 1 aromatic carbocycles. The van der Waals surface area contributed by atoms with Gasteiger partial charge in [0, 0.05) is 34.9 Å². The molecule has 1 unspecified atom stereocenters. The SMILES string of the molecule is Cc1cnc(N2CCC(C)S2(=O)=O)cc1C(=O)Nc1cc(Cl)cc(C2COC2)c1. The van der Waals surface area contributed by atoms with Crippen LogP contribution in [0.5, 0.6) is 0 Å². The number of nitrogens with zero attached hydrogens (tertiary/aromatic N) is 2. The molecular weight excluding hydrogens is 414 g/mol. The largest absolute Gasteiger partial charge is 0.380 e. The molecule has 1 N–H and O–H groups in total. The summed E-state index contributed by atoms with van der Waals surface area (Å²) >= 11 is 6.22. The molecule has 0 bridgehead atoms. The van der Waals surface area contributed by atoms with Crippen LogP contribution in [0, 0.1) is 6.92 Å². The monoisotopic (exact) mass is 435 g/mol. The van der Waals surface area contributed by atoms with E-state index < -0.39 is 15.3 Å². The summed E-state index contributed by atoms with van der Waals surface area (Å²) in [5.74, 6) is 0.207. The summed E-state index contributed by atoms with van der Waals surface area (Å²) < 4.78 is 31.5. The number of aromatic nitrogens is 1. The molecule has 1 aromatic heterocycles. The van der Waals surface area contributed by atoms with E-state index in [2.05, 4.69) is 10.3 Å². The molecule has 0 saturated carbocycles. The molecule has 7 nitrogen and oxygen atoms in total. The first kappa shape index (κ1) is 20.1. The van der Waals surface area contributed by atoms with Crippen LogP contribution in [0.4, 0.5) is 11.5 Å². The first-order valence-corrected chi connectivity index (χ1v) is 11.3. The standard InChI is InChI=1S/C20H22ClN3O4S/c1-12-9-22-19(24-4-3-13(2)29(24,26)27)8-18(12)20(25)23-17-6-14(5-16(21)7-17)15-10-28-11-15/h5-9,13,15H,3-4,10-11H2,1-2H3,(H,23,25). The number of nitrogens with one attached hydrogen (secondary N) is 1. The Kier molecular flexibility index (Phi) is 5.27. The number of benzene rings is 1. The number of carbonyl (C=O) groups excluding carboxylic acids is 1. The number of aryl methyl sites for hydroxylation is 1. The van der Waals surface area contributed by atoms with Gasteiger partial charge in [0.05, 0.1) is 18.5 Å². The predicted octanol–water partition coefficient (Wildman–Crippen LogP) is 3.34. The summed E-state index contributed by atoms with van der Waals surface area (Å²) in [6, 6.07) is 6.98. The molecule has 9 heteroatoms. The molecule has 3 heterocycles. The van der Waals surface area contributed by atoms with Crippen LogP contribution in [0.25, 0.3) is 0 Å². The van der Waals surface area contributed by atoms with Gasteiger partial charge in [-0.3, -0.25) is 9.10 Å². The smallest absolute Gasteiger partial charge is 0.256 e. The van der Waals surface area contributed by atoms with Crippen molar-refractivity contribution in [2.45, 2.75) is 31.4 Å². The van der Waals surface area contributed by atoms with Crippen LogP contribution in [0.3, 0.4) is 0 Å². The van der Waals surface area contributed by atoms with Crippen LogP contribution >= 0.6 is 11.6 Å². The molecule has 4 rings (SSSR count). The van der Waals surface area contributed by atoms with E-state index >= 15 is 0 Å². The van der Waals surface area contributed by atoms with Crippen LogP contribution in [0.1, 0.15) is 40.7 Å². The second-order valence-corrected chi connectivity index (χ2v) is 10.2. The average Bonchev–Trinajstić information content (AvgIpc) is 2.86. The average molecular weight is 436 g/mol. The minimum Gasteiger partial charge on any atom is -0.380 e. The quantitative estimate of drug-likeness (QED) is 0.795. The van der Waals surface area contributed by atoms with Gasteiger partial charge >= 0.3 is 0 Å². The lowest BCUT2D eigenvalue weighted by atomic mass is 9.97. The molecule has 154 valence electrons. The Morgan fingerprint density at radius 1 is 1.28 bits per heavy atom. The van der Waals surface area contributed by atoms with Crippen LogP contribution < -0.4 is 9.62 Å². The molecule has 2 aromatic rings. The van der Waals surface area contributed by atoms with Gasteiger partial charge in [0.25, 0.3) is 5.91 Å². The minimum absolute atomic E-state index is 0.267. The van der Waals surface area contributed by atoms with E-state index in [0.717, 1.165) is 5.56 Å². The van der Waals surface area contributed by atoms with Crippen LogP contribution in [0.2, 0.25) is 5.02 Å². The summed E-state index contributed by atoms with van der Waals surface area (Å²) in [7, 11) is -3.44. The van der Waals surface area contributed by atoms with Gasteiger partial charge in [-0.1, -0.05) is 11.6 Å². The van der Waals surface area contributed by atoms with Crippen molar-refractivity contribution in [3.8, 4) is 0 Å². The van der Waals surface area contributed by atoms with Crippen molar-refractivity contribution in [2.75, 3.05) is 29.4 Å². The molecular formula is C20H22ClN3O4S. The molecule has 2 aliphatic heterocycles. The van der Waals surface area contributed by atoms with Crippen LogP contribution in [0.15, 0.2) is 30.5 Å². The maximum Gasteiger partial charge on any atom is 0.256 e. The normalized spacial score (nSPS) is 21.1. The highest BCUT2D eigenvalue weighted by Gasteiger charge is 2.36. The zero-order valence-corrected chi connectivity index (χ0v) is 17.8. The fourth-order valence-corrected chi connectivity index (χ4v) is 5.28. The lowest BCUT2D eigenvalue weighted by Crippen LogP contribution is -2.29. The third kappa shape index (κ3) is 3.84. The molecule has 1 atom stereocenters. The number of pyridine rings is 1. The van der Waals surface area contributed by atoms with Crippen LogP contribution in [-0.2, 0) is 14.8 Å². The van der Waals surface area contributed by atoms with Gasteiger partial charge in [-0.2, -0.15) is 0 Å². The van der Waals surface area contributed by atoms with Crippen molar-refractivity contribution in [1.82, 2.24) is 4.98 Å². The van der Waals surface area contributed by atoms with Gasteiger partial charge in [-0.15, -0.1) is 0 Å². The highest BCUT2D eigenvalue weighted by Crippen LogP contribution is 2.31. The second kappa shape index (κ2) is 7.59. The van der Waals surface area contributed by atoms with Gasteiger partial charge in [0.2, 0.25) is 10.0 Å². The molecule has 2 aliphatic rings. The fourth-order valence-electron chi connectivity index (χ4n) is 3.48. The Labute approximate surface area is 175 Å². The first-order chi connectivity index (χ1) is 13.8. The van der Waals surface area contributed by atoms with Crippen molar-refractivity contribution < 1.29 is 17.9 Å². The number of amides is 1. The molecule has 29 heavy (non-hydrogen) atoms. The van der Waals surface area contributed by atoms with E-state index in [0.29, 0.717) is 48.0 Å². The van der Waals surface area contributed by atoms with E-state index in [9.17, 15) is 13.2 Å². The number of ether oxygens (including phenoxy) is 1. The van der Waals surface area contributed by atoms with Gasteiger partial charge in [-0.05, 0) is 55.7 Å². The zero-order chi connectivity index (χ0) is 20.8. The van der Waals surface area contributed by atoms with Gasteiger partial charge in [-0.25, -0.2) is 13.4 Å². The lowest BCUT2D eigenvalue weighted by molar-refractivity contribution is 0.00845. The van der Waals surface area contributed by atoms with Crippen molar-refractivity contribution in [3.05, 3.63) is 52.2 Å². The molecule has 2 fully saturated rings. The van der Waals surface area contributed by atoms with E-state index in [1.54, 1.807) is 19.9 Å². The fraction of sp³-hybridized carbons (Fsp3) is 0.400. The number of sulfonamides is 1. The summed E-state index contributed by atoms with van der Waals surface area (Å²) in [4.78, 5) is 17.2. The van der Waals surface area contributed by atoms with Crippen molar-refractivity contribution in [2.24, 2.45) is 0 Å². The molecule has 2 saturated heterocycles. The molecule has 0 spiro atoms. The minimum atomic E-state index is -3.44. The number of rotatable bonds is 4. The number of anilines is 2. The van der Waals surface area contributed by atoms with E-state index in [4.69, 9.17) is 16.3 Å².